The van der Waals surface area contributed by atoms with Gasteiger partial charge in [0.25, 0.3) is 5.70 Å². The zero-order valence-electron chi connectivity index (χ0n) is 12.3. The Morgan fingerprint density at radius 3 is 2.48 bits per heavy atom. The zero-order valence-corrected chi connectivity index (χ0v) is 12.3. The molecule has 0 N–H and O–H groups in total. The smallest absolute Gasteiger partial charge is 0.250 e. The average Bonchev–Trinajstić information content (AvgIpc) is 2.43. The first-order valence-electron chi connectivity index (χ1n) is 6.46. The summed E-state index contributed by atoms with van der Waals surface area (Å²) in [5, 5.41) is 22.3. The van der Waals surface area contributed by atoms with Crippen molar-refractivity contribution in [2.24, 2.45) is 0 Å². The molecule has 0 heterocycles. The Morgan fingerprint density at radius 1 is 1.38 bits per heavy atom. The van der Waals surface area contributed by atoms with E-state index in [1.807, 2.05) is 6.92 Å². The van der Waals surface area contributed by atoms with Gasteiger partial charge in [0.15, 0.2) is 0 Å². The quantitative estimate of drug-likeness (QED) is 0.440. The van der Waals surface area contributed by atoms with Crippen LogP contribution in [0.4, 0.5) is 0 Å². The Labute approximate surface area is 123 Å². The summed E-state index contributed by atoms with van der Waals surface area (Å²) < 4.78 is 0. The van der Waals surface area contributed by atoms with Gasteiger partial charge >= 0.3 is 0 Å². The summed E-state index contributed by atoms with van der Waals surface area (Å²) >= 11 is 0. The molecule has 0 spiro atoms. The van der Waals surface area contributed by atoms with E-state index in [1.54, 1.807) is 31.2 Å². The fourth-order valence-corrected chi connectivity index (χ4v) is 2.06. The van der Waals surface area contributed by atoms with Crippen LogP contribution >= 0.6 is 0 Å². The fourth-order valence-electron chi connectivity index (χ4n) is 2.06. The lowest BCUT2D eigenvalue weighted by Crippen LogP contribution is -2.25. The van der Waals surface area contributed by atoms with Crippen molar-refractivity contribution >= 4 is 0 Å². The number of allylic oxidation sites excluding steroid dienone is 6. The zero-order chi connectivity index (χ0) is 16.2. The molecule has 0 fully saturated rings. The molecule has 6 heteroatoms. The lowest BCUT2D eigenvalue weighted by atomic mass is 9.88. The second-order valence-corrected chi connectivity index (χ2v) is 4.93. The summed E-state index contributed by atoms with van der Waals surface area (Å²) in [5.74, 6) is 0. The van der Waals surface area contributed by atoms with Gasteiger partial charge in [-0.05, 0) is 26.0 Å². The highest BCUT2D eigenvalue weighted by Crippen LogP contribution is 2.30. The van der Waals surface area contributed by atoms with Crippen LogP contribution in [0.25, 0.3) is 0 Å². The minimum atomic E-state index is -0.965. The van der Waals surface area contributed by atoms with E-state index in [1.165, 1.54) is 6.92 Å². The molecule has 1 rings (SSSR count). The molecule has 1 atom stereocenters. The van der Waals surface area contributed by atoms with E-state index in [2.05, 4.69) is 6.58 Å². The Morgan fingerprint density at radius 2 is 2.00 bits per heavy atom. The van der Waals surface area contributed by atoms with Crippen LogP contribution < -0.4 is 0 Å². The van der Waals surface area contributed by atoms with Crippen molar-refractivity contribution in [2.75, 3.05) is 0 Å². The Balaban J connectivity index is 3.53. The standard InChI is InChI=1S/C15H18N2O4/c1-5-10(2)8-13(12(4)16(18)19)14-9-11(3)6-7-15(14)17(20)21/h5-6,8-9,15H,1,7H2,2-4H3/b10-8-,13-12-. The topological polar surface area (TPSA) is 86.3 Å². The number of nitrogens with zero attached hydrogens (tertiary/aromatic N) is 2. The minimum Gasteiger partial charge on any atom is -0.264 e. The molecule has 6 nitrogen and oxygen atoms in total. The highest BCUT2D eigenvalue weighted by Gasteiger charge is 2.31. The summed E-state index contributed by atoms with van der Waals surface area (Å²) in [6, 6.07) is -0.965. The van der Waals surface area contributed by atoms with Gasteiger partial charge in [-0.1, -0.05) is 29.9 Å². The summed E-state index contributed by atoms with van der Waals surface area (Å²) in [6.07, 6.45) is 6.78. The van der Waals surface area contributed by atoms with Crippen molar-refractivity contribution in [1.82, 2.24) is 0 Å². The van der Waals surface area contributed by atoms with Crippen molar-refractivity contribution in [3.05, 3.63) is 79.1 Å². The maximum atomic E-state index is 11.2. The summed E-state index contributed by atoms with van der Waals surface area (Å²) in [7, 11) is 0. The van der Waals surface area contributed by atoms with Crippen LogP contribution in [-0.2, 0) is 0 Å². The fraction of sp³-hybridized carbons (Fsp3) is 0.333. The van der Waals surface area contributed by atoms with Gasteiger partial charge in [0.05, 0.1) is 10.5 Å². The first-order valence-corrected chi connectivity index (χ1v) is 6.46. The van der Waals surface area contributed by atoms with Crippen LogP contribution in [0.5, 0.6) is 0 Å². The molecule has 0 aliphatic heterocycles. The van der Waals surface area contributed by atoms with Gasteiger partial charge in [0, 0.05) is 23.8 Å². The normalized spacial score (nSPS) is 20.1. The molecular weight excluding hydrogens is 272 g/mol. The lowest BCUT2D eigenvalue weighted by Gasteiger charge is -2.17. The molecular formula is C15H18N2O4. The van der Waals surface area contributed by atoms with Crippen molar-refractivity contribution in [2.45, 2.75) is 33.2 Å². The lowest BCUT2D eigenvalue weighted by molar-refractivity contribution is -0.511. The van der Waals surface area contributed by atoms with E-state index in [0.29, 0.717) is 11.1 Å². The van der Waals surface area contributed by atoms with Crippen molar-refractivity contribution in [3.8, 4) is 0 Å². The number of hydrogen-bond acceptors (Lipinski definition) is 4. The number of hydrogen-bond donors (Lipinski definition) is 0. The third-order valence-corrected chi connectivity index (χ3v) is 3.33. The molecule has 0 saturated carbocycles. The minimum absolute atomic E-state index is 0.107. The first kappa shape index (κ1) is 16.6. The average molecular weight is 290 g/mol. The highest BCUT2D eigenvalue weighted by atomic mass is 16.6. The largest absolute Gasteiger partial charge is 0.264 e. The van der Waals surface area contributed by atoms with Crippen LogP contribution in [0.15, 0.2) is 58.9 Å². The Bertz CT molecular complexity index is 609. The molecule has 0 bridgehead atoms. The van der Waals surface area contributed by atoms with Crippen LogP contribution in [0.2, 0.25) is 0 Å². The first-order chi connectivity index (χ1) is 9.77. The van der Waals surface area contributed by atoms with Crippen molar-refractivity contribution in [3.63, 3.8) is 0 Å². The molecule has 0 amide bonds. The number of nitro groups is 2. The van der Waals surface area contributed by atoms with Gasteiger partial charge in [-0.3, -0.25) is 20.2 Å². The third kappa shape index (κ3) is 3.98. The van der Waals surface area contributed by atoms with E-state index in [4.69, 9.17) is 0 Å². The monoisotopic (exact) mass is 290 g/mol. The maximum Gasteiger partial charge on any atom is 0.250 e. The molecule has 1 aliphatic rings. The summed E-state index contributed by atoms with van der Waals surface area (Å²) in [6.45, 7) is 8.52. The molecule has 21 heavy (non-hydrogen) atoms. The van der Waals surface area contributed by atoms with Crippen molar-refractivity contribution in [1.29, 1.82) is 0 Å². The SMILES string of the molecule is C=C/C(C)=C\C(C1=CC(C)=CCC1[N+](=O)[O-])=C(/C)[N+](=O)[O-]. The molecule has 1 unspecified atom stereocenters. The Kier molecular flexibility index (Phi) is 5.35. The predicted octanol–water partition coefficient (Wildman–Crippen LogP) is 3.59. The van der Waals surface area contributed by atoms with E-state index in [0.717, 1.165) is 5.57 Å². The van der Waals surface area contributed by atoms with Crippen LogP contribution in [0, 0.1) is 20.2 Å². The van der Waals surface area contributed by atoms with Gasteiger partial charge in [-0.25, -0.2) is 0 Å². The van der Waals surface area contributed by atoms with E-state index < -0.39 is 15.9 Å². The van der Waals surface area contributed by atoms with Crippen LogP contribution in [-0.4, -0.2) is 15.9 Å². The summed E-state index contributed by atoms with van der Waals surface area (Å²) in [5.41, 5.74) is 2.12. The Hall–Kier alpha value is -2.50. The van der Waals surface area contributed by atoms with Crippen LogP contribution in [0.3, 0.4) is 0 Å². The molecule has 112 valence electrons. The molecule has 0 aromatic heterocycles. The molecule has 0 aromatic carbocycles. The number of rotatable bonds is 5. The second kappa shape index (κ2) is 6.78. The van der Waals surface area contributed by atoms with Gasteiger partial charge in [-0.15, -0.1) is 0 Å². The van der Waals surface area contributed by atoms with Gasteiger partial charge < -0.3 is 0 Å². The highest BCUT2D eigenvalue weighted by molar-refractivity contribution is 5.50. The van der Waals surface area contributed by atoms with Crippen LogP contribution in [0.1, 0.15) is 27.2 Å². The molecule has 0 radical (unpaired) electrons. The molecule has 1 aliphatic carbocycles. The van der Waals surface area contributed by atoms with Gasteiger partial charge in [0.2, 0.25) is 6.04 Å². The molecule has 0 saturated heterocycles. The van der Waals surface area contributed by atoms with E-state index >= 15 is 0 Å². The molecule has 0 aromatic rings. The van der Waals surface area contributed by atoms with E-state index in [-0.39, 0.29) is 17.7 Å². The van der Waals surface area contributed by atoms with Gasteiger partial charge in [-0.2, -0.15) is 0 Å². The third-order valence-electron chi connectivity index (χ3n) is 3.33. The predicted molar refractivity (Wildman–Crippen MR) is 80.9 cm³/mol. The van der Waals surface area contributed by atoms with E-state index in [9.17, 15) is 20.2 Å². The maximum absolute atomic E-state index is 11.2. The van der Waals surface area contributed by atoms with Crippen molar-refractivity contribution < 1.29 is 9.85 Å². The van der Waals surface area contributed by atoms with Gasteiger partial charge in [0.1, 0.15) is 0 Å². The second-order valence-electron chi connectivity index (χ2n) is 4.93. The summed E-state index contributed by atoms with van der Waals surface area (Å²) in [4.78, 5) is 21.4.